The zero-order valence-corrected chi connectivity index (χ0v) is 13.8. The Balaban J connectivity index is 1.43. The van der Waals surface area contributed by atoms with Crippen LogP contribution in [-0.2, 0) is 5.75 Å². The van der Waals surface area contributed by atoms with Gasteiger partial charge in [-0.25, -0.2) is 4.99 Å². The number of para-hydroxylation sites is 1. The van der Waals surface area contributed by atoms with Gasteiger partial charge in [0, 0.05) is 11.3 Å². The van der Waals surface area contributed by atoms with Crippen molar-refractivity contribution in [1.82, 2.24) is 0 Å². The second-order valence-electron chi connectivity index (χ2n) is 5.07. The predicted molar refractivity (Wildman–Crippen MR) is 94.2 cm³/mol. The first kappa shape index (κ1) is 14.7. The van der Waals surface area contributed by atoms with Crippen molar-refractivity contribution in [3.8, 4) is 11.5 Å². The van der Waals surface area contributed by atoms with E-state index >= 15 is 0 Å². The summed E-state index contributed by atoms with van der Waals surface area (Å²) in [5, 5.41) is 0. The van der Waals surface area contributed by atoms with Gasteiger partial charge in [-0.05, 0) is 29.8 Å². The Morgan fingerprint density at radius 2 is 2.04 bits per heavy atom. The molecule has 23 heavy (non-hydrogen) atoms. The van der Waals surface area contributed by atoms with Crippen LogP contribution in [0.1, 0.15) is 15.9 Å². The highest BCUT2D eigenvalue weighted by Gasteiger charge is 2.18. The third-order valence-electron chi connectivity index (χ3n) is 3.58. The zero-order chi connectivity index (χ0) is 15.6. The van der Waals surface area contributed by atoms with Crippen molar-refractivity contribution in [2.24, 2.45) is 4.99 Å². The molecule has 6 heteroatoms. The molecule has 0 amide bonds. The molecule has 0 unspecified atom stereocenters. The van der Waals surface area contributed by atoms with E-state index in [0.717, 1.165) is 15.8 Å². The predicted octanol–water partition coefficient (Wildman–Crippen LogP) is 4.27. The lowest BCUT2D eigenvalue weighted by atomic mass is 10.1. The van der Waals surface area contributed by atoms with Crippen molar-refractivity contribution in [2.45, 2.75) is 5.75 Å². The summed E-state index contributed by atoms with van der Waals surface area (Å²) >= 11 is 3.17. The van der Waals surface area contributed by atoms with Crippen molar-refractivity contribution in [1.29, 1.82) is 0 Å². The number of hydrogen-bond acceptors (Lipinski definition) is 6. The van der Waals surface area contributed by atoms with Crippen molar-refractivity contribution < 1.29 is 14.3 Å². The molecule has 0 radical (unpaired) electrons. The number of hydrogen-bond donors (Lipinski definition) is 0. The minimum atomic E-state index is 0.0652. The maximum Gasteiger partial charge on any atom is 0.231 e. The van der Waals surface area contributed by atoms with E-state index in [1.54, 1.807) is 30.0 Å². The quantitative estimate of drug-likeness (QED) is 0.779. The third-order valence-corrected chi connectivity index (χ3v) is 5.82. The maximum absolute atomic E-state index is 12.4. The largest absolute Gasteiger partial charge is 0.454 e. The molecule has 4 rings (SSSR count). The Kier molecular flexibility index (Phi) is 4.01. The van der Waals surface area contributed by atoms with Crippen molar-refractivity contribution in [2.75, 3.05) is 12.5 Å². The summed E-state index contributed by atoms with van der Waals surface area (Å²) in [6.45, 7) is 0.217. The number of thioether (sulfide) groups is 2. The fraction of sp³-hybridized carbons (Fsp3) is 0.176. The van der Waals surface area contributed by atoms with Gasteiger partial charge in [0.1, 0.15) is 4.38 Å². The SMILES string of the molecule is O=C(CSC1=Nc2ccccc2CS1)c1ccc2c(c1)OCO2. The molecule has 4 nitrogen and oxygen atoms in total. The average molecular weight is 343 g/mol. The fourth-order valence-corrected chi connectivity index (χ4v) is 4.32. The minimum Gasteiger partial charge on any atom is -0.454 e. The number of ketones is 1. The average Bonchev–Trinajstić information content (AvgIpc) is 3.07. The van der Waals surface area contributed by atoms with E-state index in [9.17, 15) is 4.79 Å². The summed E-state index contributed by atoms with van der Waals surface area (Å²) in [6, 6.07) is 13.4. The van der Waals surface area contributed by atoms with Gasteiger partial charge in [-0.1, -0.05) is 41.7 Å². The van der Waals surface area contributed by atoms with Crippen molar-refractivity contribution in [3.05, 3.63) is 53.6 Å². The van der Waals surface area contributed by atoms with Gasteiger partial charge in [0.15, 0.2) is 17.3 Å². The molecule has 0 spiro atoms. The first-order valence-electron chi connectivity index (χ1n) is 7.15. The van der Waals surface area contributed by atoms with E-state index in [2.05, 4.69) is 11.1 Å². The molecule has 0 fully saturated rings. The topological polar surface area (TPSA) is 47.9 Å². The zero-order valence-electron chi connectivity index (χ0n) is 12.2. The molecule has 2 heterocycles. The van der Waals surface area contributed by atoms with Crippen molar-refractivity contribution >= 4 is 39.4 Å². The Hall–Kier alpha value is -1.92. The Morgan fingerprint density at radius 3 is 3.00 bits per heavy atom. The normalized spacial score (nSPS) is 15.0. The van der Waals surface area contributed by atoms with E-state index in [-0.39, 0.29) is 12.6 Å². The van der Waals surface area contributed by atoms with Crippen LogP contribution in [0.4, 0.5) is 5.69 Å². The molecule has 116 valence electrons. The van der Waals surface area contributed by atoms with E-state index in [1.165, 1.54) is 17.3 Å². The Morgan fingerprint density at radius 1 is 1.17 bits per heavy atom. The lowest BCUT2D eigenvalue weighted by molar-refractivity contribution is 0.102. The number of carbonyl (C=O) groups excluding carboxylic acids is 1. The van der Waals surface area contributed by atoms with Crippen LogP contribution in [0.5, 0.6) is 11.5 Å². The van der Waals surface area contributed by atoms with Crippen molar-refractivity contribution in [3.63, 3.8) is 0 Å². The maximum atomic E-state index is 12.4. The van der Waals surface area contributed by atoms with Crippen LogP contribution < -0.4 is 9.47 Å². The number of rotatable bonds is 3. The van der Waals surface area contributed by atoms with Gasteiger partial charge in [-0.15, -0.1) is 0 Å². The van der Waals surface area contributed by atoms with E-state index in [1.807, 2.05) is 18.2 Å². The molecule has 0 N–H and O–H groups in total. The summed E-state index contributed by atoms with van der Waals surface area (Å²) in [6.07, 6.45) is 0. The Labute approximate surface area is 142 Å². The number of benzene rings is 2. The lowest BCUT2D eigenvalue weighted by Gasteiger charge is -2.13. The van der Waals surface area contributed by atoms with Crippen LogP contribution in [-0.4, -0.2) is 22.7 Å². The Bertz CT molecular complexity index is 804. The van der Waals surface area contributed by atoms with Gasteiger partial charge in [-0.2, -0.15) is 0 Å². The molecular weight excluding hydrogens is 330 g/mol. The van der Waals surface area contributed by atoms with E-state index in [0.29, 0.717) is 22.8 Å². The molecule has 0 atom stereocenters. The highest BCUT2D eigenvalue weighted by atomic mass is 32.2. The summed E-state index contributed by atoms with van der Waals surface area (Å²) in [5.41, 5.74) is 2.89. The van der Waals surface area contributed by atoms with Crippen LogP contribution in [0.25, 0.3) is 0 Å². The second-order valence-corrected chi connectivity index (χ2v) is 7.26. The molecule has 2 aromatic carbocycles. The molecule has 0 aromatic heterocycles. The summed E-state index contributed by atoms with van der Waals surface area (Å²) in [7, 11) is 0. The molecular formula is C17H13NO3S2. The number of carbonyl (C=O) groups is 1. The molecule has 0 bridgehead atoms. The fourth-order valence-electron chi connectivity index (χ4n) is 2.37. The van der Waals surface area contributed by atoms with Gasteiger partial charge >= 0.3 is 0 Å². The first-order chi connectivity index (χ1) is 11.3. The standard InChI is InChI=1S/C17H13NO3S2/c19-14(11-5-6-15-16(7-11)21-10-20-15)9-23-17-18-13-4-2-1-3-12(13)8-22-17/h1-7H,8-10H2. The van der Waals surface area contributed by atoms with Crippen LogP contribution >= 0.6 is 23.5 Å². The first-order valence-corrected chi connectivity index (χ1v) is 9.12. The second kappa shape index (κ2) is 6.29. The van der Waals surface area contributed by atoms with Crippen LogP contribution in [0.15, 0.2) is 47.5 Å². The lowest BCUT2D eigenvalue weighted by Crippen LogP contribution is -2.05. The molecule has 0 aliphatic carbocycles. The molecule has 2 aliphatic rings. The van der Waals surface area contributed by atoms with E-state index < -0.39 is 0 Å². The smallest absolute Gasteiger partial charge is 0.231 e. The van der Waals surface area contributed by atoms with Gasteiger partial charge in [0.05, 0.1) is 11.4 Å². The van der Waals surface area contributed by atoms with E-state index in [4.69, 9.17) is 9.47 Å². The van der Waals surface area contributed by atoms with Crippen LogP contribution in [0.3, 0.4) is 0 Å². The summed E-state index contributed by atoms with van der Waals surface area (Å²) < 4.78 is 11.5. The number of Topliss-reactive ketones (excluding diaryl/α,β-unsaturated/α-hetero) is 1. The van der Waals surface area contributed by atoms with Gasteiger partial charge in [-0.3, -0.25) is 4.79 Å². The van der Waals surface area contributed by atoms with Crippen LogP contribution in [0, 0.1) is 0 Å². The molecule has 2 aliphatic heterocycles. The number of fused-ring (bicyclic) bond motifs is 2. The van der Waals surface area contributed by atoms with Crippen LogP contribution in [0.2, 0.25) is 0 Å². The van der Waals surface area contributed by atoms with Gasteiger partial charge in [0.25, 0.3) is 0 Å². The monoisotopic (exact) mass is 343 g/mol. The van der Waals surface area contributed by atoms with Gasteiger partial charge in [0.2, 0.25) is 6.79 Å². The molecule has 0 saturated carbocycles. The van der Waals surface area contributed by atoms with Gasteiger partial charge < -0.3 is 9.47 Å². The summed E-state index contributed by atoms with van der Waals surface area (Å²) in [5.74, 6) is 2.67. The highest BCUT2D eigenvalue weighted by molar-refractivity contribution is 8.38. The number of nitrogens with zero attached hydrogens (tertiary/aromatic N) is 1. The number of ether oxygens (including phenoxy) is 2. The number of aliphatic imine (C=N–C) groups is 1. The third kappa shape index (κ3) is 3.09. The minimum absolute atomic E-state index is 0.0652. The molecule has 0 saturated heterocycles. The molecule has 2 aromatic rings. The summed E-state index contributed by atoms with van der Waals surface area (Å²) in [4.78, 5) is 17.0. The highest BCUT2D eigenvalue weighted by Crippen LogP contribution is 2.35.